The third-order valence-electron chi connectivity index (χ3n) is 3.17. The summed E-state index contributed by atoms with van der Waals surface area (Å²) in [5.74, 6) is -0.900. The Hall–Kier alpha value is -2.87. The number of benzene rings is 2. The number of rotatable bonds is 7. The van der Waals surface area contributed by atoms with Crippen LogP contribution in [0.1, 0.15) is 5.56 Å². The second-order valence-electron chi connectivity index (χ2n) is 5.11. The molecule has 26 heavy (non-hydrogen) atoms. The number of ether oxygens (including phenoxy) is 2. The van der Waals surface area contributed by atoms with Crippen LogP contribution in [0.4, 0.5) is 10.1 Å². The number of nitrogens with two attached hydrogens (primary N) is 1. The van der Waals surface area contributed by atoms with Crippen molar-refractivity contribution in [1.82, 2.24) is 0 Å². The van der Waals surface area contributed by atoms with Gasteiger partial charge < -0.3 is 20.5 Å². The molecule has 0 atom stereocenters. The highest BCUT2D eigenvalue weighted by molar-refractivity contribution is 9.10. The van der Waals surface area contributed by atoms with Crippen molar-refractivity contribution in [3.05, 3.63) is 58.3 Å². The molecule has 0 aliphatic carbocycles. The summed E-state index contributed by atoms with van der Waals surface area (Å²) in [7, 11) is 1.45. The van der Waals surface area contributed by atoms with Gasteiger partial charge in [0.25, 0.3) is 5.91 Å². The van der Waals surface area contributed by atoms with Crippen molar-refractivity contribution < 1.29 is 23.5 Å². The van der Waals surface area contributed by atoms with E-state index in [9.17, 15) is 14.0 Å². The normalized spacial score (nSPS) is 10.6. The molecule has 0 fully saturated rings. The summed E-state index contributed by atoms with van der Waals surface area (Å²) in [5, 5.41) is 2.45. The molecule has 0 spiro atoms. The van der Waals surface area contributed by atoms with Crippen molar-refractivity contribution in [3.8, 4) is 11.5 Å². The quantitative estimate of drug-likeness (QED) is 0.670. The van der Waals surface area contributed by atoms with Crippen LogP contribution in [0, 0.1) is 5.82 Å². The highest BCUT2D eigenvalue weighted by Gasteiger charge is 2.07. The molecule has 136 valence electrons. The van der Waals surface area contributed by atoms with E-state index >= 15 is 0 Å². The van der Waals surface area contributed by atoms with Crippen LogP contribution in [-0.2, 0) is 9.59 Å². The SMILES string of the molecule is COc1cc(/C=C/C(=O)Nc2ccc(Br)cc2F)ccc1OCC(N)=O. The highest BCUT2D eigenvalue weighted by atomic mass is 79.9. The predicted octanol–water partition coefficient (Wildman–Crippen LogP) is 3.11. The number of halogens is 2. The van der Waals surface area contributed by atoms with Gasteiger partial charge in [-0.1, -0.05) is 22.0 Å². The zero-order chi connectivity index (χ0) is 19.1. The summed E-state index contributed by atoms with van der Waals surface area (Å²) >= 11 is 3.15. The lowest BCUT2D eigenvalue weighted by molar-refractivity contribution is -0.120. The van der Waals surface area contributed by atoms with Crippen molar-refractivity contribution in [2.45, 2.75) is 0 Å². The van der Waals surface area contributed by atoms with Gasteiger partial charge in [0.05, 0.1) is 12.8 Å². The van der Waals surface area contributed by atoms with Crippen molar-refractivity contribution in [1.29, 1.82) is 0 Å². The molecule has 0 aliphatic rings. The molecule has 0 heterocycles. The van der Waals surface area contributed by atoms with Gasteiger partial charge in [-0.05, 0) is 42.0 Å². The number of hydrogen-bond donors (Lipinski definition) is 2. The van der Waals surface area contributed by atoms with Gasteiger partial charge in [0.15, 0.2) is 18.1 Å². The zero-order valence-electron chi connectivity index (χ0n) is 13.8. The van der Waals surface area contributed by atoms with Gasteiger partial charge >= 0.3 is 0 Å². The Labute approximate surface area is 157 Å². The van der Waals surface area contributed by atoms with Crippen LogP contribution in [-0.4, -0.2) is 25.5 Å². The minimum absolute atomic E-state index is 0.0793. The van der Waals surface area contributed by atoms with E-state index in [1.54, 1.807) is 24.3 Å². The summed E-state index contributed by atoms with van der Waals surface area (Å²) in [4.78, 5) is 22.7. The molecule has 8 heteroatoms. The lowest BCUT2D eigenvalue weighted by Crippen LogP contribution is -2.20. The molecule has 6 nitrogen and oxygen atoms in total. The maximum atomic E-state index is 13.7. The van der Waals surface area contributed by atoms with E-state index in [4.69, 9.17) is 15.2 Å². The number of methoxy groups -OCH3 is 1. The van der Waals surface area contributed by atoms with Crippen molar-refractivity contribution in [3.63, 3.8) is 0 Å². The molecule has 0 bridgehead atoms. The molecule has 2 rings (SSSR count). The minimum atomic E-state index is -0.604. The Kier molecular flexibility index (Phi) is 6.74. The van der Waals surface area contributed by atoms with Crippen molar-refractivity contribution in [2.24, 2.45) is 5.73 Å². The van der Waals surface area contributed by atoms with Crippen LogP contribution < -0.4 is 20.5 Å². The van der Waals surface area contributed by atoms with Gasteiger partial charge in [-0.25, -0.2) is 4.39 Å². The standard InChI is InChI=1S/C18H16BrFN2O4/c1-25-16-8-11(2-6-15(16)26-10-17(21)23)3-7-18(24)22-14-5-4-12(19)9-13(14)20/h2-9H,10H2,1H3,(H2,21,23)(H,22,24)/b7-3+. The van der Waals surface area contributed by atoms with Crippen LogP contribution in [0.5, 0.6) is 11.5 Å². The summed E-state index contributed by atoms with van der Waals surface area (Å²) in [6.45, 7) is -0.271. The van der Waals surface area contributed by atoms with Gasteiger partial charge in [0.1, 0.15) is 5.82 Å². The minimum Gasteiger partial charge on any atom is -0.493 e. The Bertz CT molecular complexity index is 855. The molecule has 0 saturated heterocycles. The first-order valence-corrected chi connectivity index (χ1v) is 8.21. The third-order valence-corrected chi connectivity index (χ3v) is 3.67. The fourth-order valence-electron chi connectivity index (χ4n) is 1.99. The van der Waals surface area contributed by atoms with E-state index in [1.165, 1.54) is 31.4 Å². The molecule has 0 radical (unpaired) electrons. The topological polar surface area (TPSA) is 90.7 Å². The number of anilines is 1. The number of carbonyl (C=O) groups excluding carboxylic acids is 2. The van der Waals surface area contributed by atoms with E-state index in [1.807, 2.05) is 0 Å². The zero-order valence-corrected chi connectivity index (χ0v) is 15.4. The Morgan fingerprint density at radius 1 is 1.23 bits per heavy atom. The third kappa shape index (κ3) is 5.59. The van der Waals surface area contributed by atoms with Crippen molar-refractivity contribution in [2.75, 3.05) is 19.0 Å². The molecule has 3 N–H and O–H groups in total. The van der Waals surface area contributed by atoms with E-state index in [0.717, 1.165) is 0 Å². The maximum Gasteiger partial charge on any atom is 0.255 e. The summed E-state index contributed by atoms with van der Waals surface area (Å²) in [6, 6.07) is 9.23. The molecule has 0 saturated carbocycles. The second kappa shape index (κ2) is 9.00. The second-order valence-corrected chi connectivity index (χ2v) is 6.03. The fourth-order valence-corrected chi connectivity index (χ4v) is 2.33. The van der Waals surface area contributed by atoms with Crippen molar-refractivity contribution >= 4 is 39.5 Å². The van der Waals surface area contributed by atoms with E-state index in [0.29, 0.717) is 21.5 Å². The Morgan fingerprint density at radius 2 is 2.00 bits per heavy atom. The molecule has 0 aliphatic heterocycles. The van der Waals surface area contributed by atoms with Crippen LogP contribution >= 0.6 is 15.9 Å². The van der Waals surface area contributed by atoms with E-state index < -0.39 is 17.6 Å². The first kappa shape index (κ1) is 19.5. The lowest BCUT2D eigenvalue weighted by Gasteiger charge is -2.10. The van der Waals surface area contributed by atoms with Gasteiger partial charge in [0, 0.05) is 10.5 Å². The predicted molar refractivity (Wildman–Crippen MR) is 99.4 cm³/mol. The smallest absolute Gasteiger partial charge is 0.255 e. The summed E-state index contributed by atoms with van der Waals surface area (Å²) in [5.41, 5.74) is 5.77. The maximum absolute atomic E-state index is 13.7. The average Bonchev–Trinajstić information content (AvgIpc) is 2.60. The Balaban J connectivity index is 2.06. The largest absolute Gasteiger partial charge is 0.493 e. The monoisotopic (exact) mass is 422 g/mol. The molecular weight excluding hydrogens is 407 g/mol. The molecule has 2 aromatic rings. The first-order chi connectivity index (χ1) is 12.4. The number of primary amides is 1. The first-order valence-electron chi connectivity index (χ1n) is 7.42. The number of nitrogens with one attached hydrogen (secondary N) is 1. The van der Waals surface area contributed by atoms with Gasteiger partial charge in [-0.2, -0.15) is 0 Å². The summed E-state index contributed by atoms with van der Waals surface area (Å²) in [6.07, 6.45) is 2.80. The molecule has 0 aromatic heterocycles. The van der Waals surface area contributed by atoms with Crippen LogP contribution in [0.25, 0.3) is 6.08 Å². The number of carbonyl (C=O) groups is 2. The number of hydrogen-bond acceptors (Lipinski definition) is 4. The average molecular weight is 423 g/mol. The van der Waals surface area contributed by atoms with Gasteiger partial charge in [0.2, 0.25) is 5.91 Å². The van der Waals surface area contributed by atoms with E-state index in [2.05, 4.69) is 21.2 Å². The Morgan fingerprint density at radius 3 is 2.65 bits per heavy atom. The van der Waals surface area contributed by atoms with E-state index in [-0.39, 0.29) is 12.3 Å². The van der Waals surface area contributed by atoms with Crippen LogP contribution in [0.15, 0.2) is 46.9 Å². The molecule has 2 aromatic carbocycles. The van der Waals surface area contributed by atoms with Gasteiger partial charge in [-0.15, -0.1) is 0 Å². The fraction of sp³-hybridized carbons (Fsp3) is 0.111. The lowest BCUT2D eigenvalue weighted by atomic mass is 10.2. The van der Waals surface area contributed by atoms with Gasteiger partial charge in [-0.3, -0.25) is 9.59 Å². The molecule has 0 unspecified atom stereocenters. The number of amides is 2. The highest BCUT2D eigenvalue weighted by Crippen LogP contribution is 2.28. The van der Waals surface area contributed by atoms with Crippen LogP contribution in [0.3, 0.4) is 0 Å². The molecular formula is C18H16BrFN2O4. The summed E-state index contributed by atoms with van der Waals surface area (Å²) < 4.78 is 24.7. The molecule has 2 amide bonds. The van der Waals surface area contributed by atoms with Crippen LogP contribution in [0.2, 0.25) is 0 Å².